The number of thiophene rings is 1. The highest BCUT2D eigenvalue weighted by Crippen LogP contribution is 2.37. The highest BCUT2D eigenvalue weighted by molar-refractivity contribution is 7.18. The van der Waals surface area contributed by atoms with Gasteiger partial charge in [0.05, 0.1) is 21.5 Å². The van der Waals surface area contributed by atoms with E-state index < -0.39 is 58.6 Å². The fourth-order valence-corrected chi connectivity index (χ4v) is 3.82. The molecule has 2 aromatic heterocycles. The van der Waals surface area contributed by atoms with Crippen LogP contribution in [-0.4, -0.2) is 38.6 Å². The van der Waals surface area contributed by atoms with Gasteiger partial charge in [-0.05, 0) is 33.3 Å². The van der Waals surface area contributed by atoms with Crippen LogP contribution in [0.25, 0.3) is 0 Å². The quantitative estimate of drug-likeness (QED) is 0.352. The molecule has 2 amide bonds. The number of nitrogens with one attached hydrogen (secondary N) is 1. The molecular weight excluding hydrogens is 459 g/mol. The molecule has 0 fully saturated rings. The molecule has 174 valence electrons. The molecular formula is C17H18F3N5O6S. The van der Waals surface area contributed by atoms with E-state index in [2.05, 4.69) is 10.4 Å². The highest BCUT2D eigenvalue weighted by atomic mass is 32.1. The van der Waals surface area contributed by atoms with E-state index in [1.165, 1.54) is 6.92 Å². The third kappa shape index (κ3) is 5.04. The van der Waals surface area contributed by atoms with Crippen LogP contribution in [0.2, 0.25) is 0 Å². The molecule has 3 N–H and O–H groups in total. The van der Waals surface area contributed by atoms with Gasteiger partial charge in [0.15, 0.2) is 0 Å². The molecule has 0 spiro atoms. The molecule has 0 atom stereocenters. The van der Waals surface area contributed by atoms with Crippen LogP contribution in [0, 0.1) is 24.0 Å². The summed E-state index contributed by atoms with van der Waals surface area (Å²) in [6, 6.07) is 0. The molecule has 0 saturated heterocycles. The summed E-state index contributed by atoms with van der Waals surface area (Å²) in [6.07, 6.45) is -5.63. The van der Waals surface area contributed by atoms with Crippen molar-refractivity contribution in [2.45, 2.75) is 46.5 Å². The fourth-order valence-electron chi connectivity index (χ4n) is 2.76. The number of esters is 1. The normalized spacial score (nSPS) is 11.5. The minimum absolute atomic E-state index is 0.0266. The van der Waals surface area contributed by atoms with Crippen LogP contribution in [0.15, 0.2) is 0 Å². The Morgan fingerprint density at radius 2 is 1.91 bits per heavy atom. The number of alkyl halides is 3. The fraction of sp³-hybridized carbons (Fsp3) is 0.412. The Balaban J connectivity index is 2.40. The number of nitrogens with zero attached hydrogens (tertiary/aromatic N) is 3. The van der Waals surface area contributed by atoms with Crippen molar-refractivity contribution in [3.63, 3.8) is 0 Å². The van der Waals surface area contributed by atoms with Gasteiger partial charge in [0.25, 0.3) is 5.91 Å². The summed E-state index contributed by atoms with van der Waals surface area (Å²) in [6.45, 7) is 4.76. The summed E-state index contributed by atoms with van der Waals surface area (Å²) in [7, 11) is 0. The van der Waals surface area contributed by atoms with Gasteiger partial charge >= 0.3 is 17.8 Å². The second-order valence-electron chi connectivity index (χ2n) is 6.82. The number of aromatic nitrogens is 2. The van der Waals surface area contributed by atoms with Gasteiger partial charge < -0.3 is 15.8 Å². The SMILES string of the molecule is Cc1c(C(N)=O)sc(NC(=O)Cn2nc(C(F)(F)F)c([N+](=O)[O-])c2C)c1C(=O)OC(C)C. The number of ether oxygens (including phenoxy) is 1. The number of carbonyl (C=O) groups excluding carboxylic acids is 3. The van der Waals surface area contributed by atoms with Crippen LogP contribution in [-0.2, 0) is 22.3 Å². The zero-order chi connectivity index (χ0) is 24.5. The first-order valence-electron chi connectivity index (χ1n) is 8.88. The number of nitro groups is 1. The minimum atomic E-state index is -5.11. The van der Waals surface area contributed by atoms with Gasteiger partial charge in [-0.1, -0.05) is 0 Å². The van der Waals surface area contributed by atoms with Crippen LogP contribution >= 0.6 is 11.3 Å². The maximum absolute atomic E-state index is 13.1. The molecule has 15 heteroatoms. The van der Waals surface area contributed by atoms with Crippen molar-refractivity contribution < 1.29 is 37.2 Å². The zero-order valence-electron chi connectivity index (χ0n) is 17.2. The van der Waals surface area contributed by atoms with E-state index in [-0.39, 0.29) is 21.0 Å². The number of carbonyl (C=O) groups is 3. The second-order valence-corrected chi connectivity index (χ2v) is 7.84. The third-order valence-corrected chi connectivity index (χ3v) is 5.31. The lowest BCUT2D eigenvalue weighted by molar-refractivity contribution is -0.388. The average Bonchev–Trinajstić information content (AvgIpc) is 3.11. The van der Waals surface area contributed by atoms with Crippen LogP contribution in [0.1, 0.15) is 50.8 Å². The van der Waals surface area contributed by atoms with Crippen LogP contribution in [0.3, 0.4) is 0 Å². The molecule has 2 rings (SSSR count). The number of rotatable bonds is 7. The first kappa shape index (κ1) is 24.8. The molecule has 2 aromatic rings. The average molecular weight is 477 g/mol. The van der Waals surface area contributed by atoms with Crippen molar-refractivity contribution in [2.24, 2.45) is 5.73 Å². The predicted octanol–water partition coefficient (Wildman–Crippen LogP) is 2.79. The zero-order valence-corrected chi connectivity index (χ0v) is 18.0. The van der Waals surface area contributed by atoms with E-state index in [1.807, 2.05) is 0 Å². The number of nitrogens with two attached hydrogens (primary N) is 1. The van der Waals surface area contributed by atoms with Crippen molar-refractivity contribution in [2.75, 3.05) is 5.32 Å². The maximum atomic E-state index is 13.1. The first-order valence-corrected chi connectivity index (χ1v) is 9.69. The molecule has 0 aliphatic heterocycles. The molecule has 0 bridgehead atoms. The predicted molar refractivity (Wildman–Crippen MR) is 105 cm³/mol. The van der Waals surface area contributed by atoms with Gasteiger partial charge in [-0.2, -0.15) is 18.3 Å². The summed E-state index contributed by atoms with van der Waals surface area (Å²) in [4.78, 5) is 46.3. The monoisotopic (exact) mass is 477 g/mol. The van der Waals surface area contributed by atoms with Crippen molar-refractivity contribution in [1.29, 1.82) is 0 Å². The standard InChI is InChI=1S/C17H18F3N5O6S/c1-6(2)31-16(28)10-7(3)12(14(21)27)32-15(10)22-9(26)5-24-8(4)11(25(29)30)13(23-24)17(18,19)20/h6H,5H2,1-4H3,(H2,21,27)(H,22,26). The van der Waals surface area contributed by atoms with E-state index in [0.717, 1.165) is 6.92 Å². The van der Waals surface area contributed by atoms with Gasteiger partial charge in [0.2, 0.25) is 11.6 Å². The summed E-state index contributed by atoms with van der Waals surface area (Å²) in [5.41, 5.74) is 1.81. The Morgan fingerprint density at radius 3 is 2.34 bits per heavy atom. The molecule has 0 aromatic carbocycles. The number of hydrogen-bond acceptors (Lipinski definition) is 8. The Bertz CT molecular complexity index is 1110. The summed E-state index contributed by atoms with van der Waals surface area (Å²) >= 11 is 0.685. The van der Waals surface area contributed by atoms with E-state index >= 15 is 0 Å². The second kappa shape index (κ2) is 8.94. The maximum Gasteiger partial charge on any atom is 0.442 e. The van der Waals surface area contributed by atoms with Crippen LogP contribution in [0.4, 0.5) is 23.9 Å². The lowest BCUT2D eigenvalue weighted by atomic mass is 10.1. The Labute approximate surface area is 182 Å². The Morgan fingerprint density at radius 1 is 1.31 bits per heavy atom. The number of halogens is 3. The first-order chi connectivity index (χ1) is 14.6. The molecule has 11 nitrogen and oxygen atoms in total. The van der Waals surface area contributed by atoms with Crippen molar-refractivity contribution in [3.05, 3.63) is 37.5 Å². The smallest absolute Gasteiger partial charge is 0.442 e. The molecule has 0 unspecified atom stereocenters. The third-order valence-electron chi connectivity index (χ3n) is 4.09. The Hall–Kier alpha value is -3.49. The van der Waals surface area contributed by atoms with Gasteiger partial charge in [0, 0.05) is 0 Å². The number of amides is 2. The number of anilines is 1. The summed E-state index contributed by atoms with van der Waals surface area (Å²) < 4.78 is 44.9. The number of hydrogen-bond donors (Lipinski definition) is 2. The lowest BCUT2D eigenvalue weighted by Gasteiger charge is -2.10. The topological polar surface area (TPSA) is 159 Å². The van der Waals surface area contributed by atoms with Crippen LogP contribution < -0.4 is 11.1 Å². The molecule has 2 heterocycles. The van der Waals surface area contributed by atoms with E-state index in [1.54, 1.807) is 13.8 Å². The van der Waals surface area contributed by atoms with Crippen LogP contribution in [0.5, 0.6) is 0 Å². The molecule has 0 radical (unpaired) electrons. The Kier molecular flexibility index (Phi) is 6.92. The van der Waals surface area contributed by atoms with Gasteiger partial charge in [-0.15, -0.1) is 11.3 Å². The van der Waals surface area contributed by atoms with Crippen molar-refractivity contribution >= 4 is 39.8 Å². The van der Waals surface area contributed by atoms with Crippen molar-refractivity contribution in [1.82, 2.24) is 9.78 Å². The van der Waals surface area contributed by atoms with Crippen molar-refractivity contribution in [3.8, 4) is 0 Å². The summed E-state index contributed by atoms with van der Waals surface area (Å²) in [5, 5.41) is 16.4. The highest BCUT2D eigenvalue weighted by Gasteiger charge is 2.44. The van der Waals surface area contributed by atoms with Gasteiger partial charge in [-0.3, -0.25) is 24.4 Å². The largest absolute Gasteiger partial charge is 0.459 e. The van der Waals surface area contributed by atoms with Gasteiger partial charge in [-0.25, -0.2) is 4.79 Å². The summed E-state index contributed by atoms with van der Waals surface area (Å²) in [5.74, 6) is -2.66. The minimum Gasteiger partial charge on any atom is -0.459 e. The molecule has 32 heavy (non-hydrogen) atoms. The van der Waals surface area contributed by atoms with Gasteiger partial charge in [0.1, 0.15) is 17.2 Å². The molecule has 0 saturated carbocycles. The lowest BCUT2D eigenvalue weighted by Crippen LogP contribution is -2.22. The van der Waals surface area contributed by atoms with E-state index in [4.69, 9.17) is 10.5 Å². The molecule has 0 aliphatic rings. The van der Waals surface area contributed by atoms with E-state index in [0.29, 0.717) is 16.0 Å². The number of primary amides is 1. The van der Waals surface area contributed by atoms with E-state index in [9.17, 15) is 37.7 Å². The molecule has 0 aliphatic carbocycles.